The van der Waals surface area contributed by atoms with Crippen molar-refractivity contribution in [3.63, 3.8) is 0 Å². The van der Waals surface area contributed by atoms with E-state index >= 15 is 0 Å². The van der Waals surface area contributed by atoms with Gasteiger partial charge in [0.15, 0.2) is 17.4 Å². The van der Waals surface area contributed by atoms with Crippen LogP contribution in [0.3, 0.4) is 0 Å². The SMILES string of the molecule is Nc1noc2c1[C@H]([C@@H]1CC=CCC1)C1=C2CCCC1=O. The number of nitrogens with zero attached hydrogens (tertiary/aromatic N) is 1. The molecule has 3 aliphatic rings. The Hall–Kier alpha value is -1.84. The Bertz CT molecular complexity index is 639. The molecule has 0 fully saturated rings. The molecule has 0 aliphatic heterocycles. The van der Waals surface area contributed by atoms with Gasteiger partial charge in [0.25, 0.3) is 0 Å². The monoisotopic (exact) mass is 270 g/mol. The number of nitrogens with two attached hydrogens (primary N) is 1. The molecule has 0 spiro atoms. The van der Waals surface area contributed by atoms with Crippen molar-refractivity contribution < 1.29 is 9.32 Å². The Kier molecular flexibility index (Phi) is 2.59. The van der Waals surface area contributed by atoms with Crippen molar-refractivity contribution >= 4 is 17.2 Å². The fourth-order valence-corrected chi connectivity index (χ4v) is 4.02. The first-order valence-corrected chi connectivity index (χ1v) is 7.44. The third kappa shape index (κ3) is 1.54. The van der Waals surface area contributed by atoms with E-state index in [4.69, 9.17) is 10.3 Å². The molecule has 0 radical (unpaired) electrons. The van der Waals surface area contributed by atoms with Gasteiger partial charge >= 0.3 is 0 Å². The molecular formula is C16H18N2O2. The van der Waals surface area contributed by atoms with Gasteiger partial charge in [0.05, 0.1) is 5.56 Å². The molecule has 4 nitrogen and oxygen atoms in total. The van der Waals surface area contributed by atoms with E-state index in [2.05, 4.69) is 17.3 Å². The van der Waals surface area contributed by atoms with Gasteiger partial charge in [-0.05, 0) is 38.0 Å². The van der Waals surface area contributed by atoms with E-state index in [1.165, 1.54) is 0 Å². The summed E-state index contributed by atoms with van der Waals surface area (Å²) in [6.07, 6.45) is 10.1. The van der Waals surface area contributed by atoms with Crippen LogP contribution in [-0.4, -0.2) is 10.9 Å². The lowest BCUT2D eigenvalue weighted by molar-refractivity contribution is -0.116. The molecule has 2 atom stereocenters. The highest BCUT2D eigenvalue weighted by Crippen LogP contribution is 2.54. The first-order valence-electron chi connectivity index (χ1n) is 7.44. The number of carbonyl (C=O) groups excluding carboxylic acids is 1. The number of anilines is 1. The quantitative estimate of drug-likeness (QED) is 0.795. The zero-order valence-corrected chi connectivity index (χ0v) is 11.4. The van der Waals surface area contributed by atoms with Crippen LogP contribution in [0.5, 0.6) is 0 Å². The van der Waals surface area contributed by atoms with Crippen LogP contribution in [-0.2, 0) is 4.79 Å². The molecule has 4 rings (SSSR count). The Morgan fingerprint density at radius 3 is 3.00 bits per heavy atom. The zero-order chi connectivity index (χ0) is 13.7. The lowest BCUT2D eigenvalue weighted by Crippen LogP contribution is -2.21. The summed E-state index contributed by atoms with van der Waals surface area (Å²) >= 11 is 0. The maximum atomic E-state index is 12.4. The highest BCUT2D eigenvalue weighted by atomic mass is 16.5. The van der Waals surface area contributed by atoms with E-state index < -0.39 is 0 Å². The molecule has 20 heavy (non-hydrogen) atoms. The van der Waals surface area contributed by atoms with Crippen molar-refractivity contribution in [3.05, 3.63) is 29.0 Å². The molecule has 1 aromatic rings. The average molecular weight is 270 g/mol. The molecule has 104 valence electrons. The van der Waals surface area contributed by atoms with Crippen molar-refractivity contribution in [2.45, 2.75) is 44.4 Å². The second-order valence-electron chi connectivity index (χ2n) is 6.00. The predicted molar refractivity (Wildman–Crippen MR) is 75.9 cm³/mol. The van der Waals surface area contributed by atoms with Gasteiger partial charge in [-0.15, -0.1) is 0 Å². The number of allylic oxidation sites excluding steroid dienone is 4. The predicted octanol–water partition coefficient (Wildman–Crippen LogP) is 3.22. The van der Waals surface area contributed by atoms with E-state index in [1.54, 1.807) is 0 Å². The highest BCUT2D eigenvalue weighted by molar-refractivity contribution is 6.08. The Balaban J connectivity index is 1.86. The Morgan fingerprint density at radius 2 is 2.20 bits per heavy atom. The minimum absolute atomic E-state index is 0.115. The highest BCUT2D eigenvalue weighted by Gasteiger charge is 2.44. The minimum Gasteiger partial charge on any atom is -0.381 e. The summed E-state index contributed by atoms with van der Waals surface area (Å²) in [5.74, 6) is 2.13. The molecule has 0 bridgehead atoms. The number of hydrogen-bond donors (Lipinski definition) is 1. The molecule has 0 amide bonds. The Labute approximate surface area is 117 Å². The van der Waals surface area contributed by atoms with Crippen LogP contribution in [0.2, 0.25) is 0 Å². The summed E-state index contributed by atoms with van der Waals surface area (Å²) in [5.41, 5.74) is 9.09. The van der Waals surface area contributed by atoms with E-state index in [0.717, 1.165) is 54.6 Å². The number of nitrogen functional groups attached to an aromatic ring is 1. The van der Waals surface area contributed by atoms with Gasteiger partial charge in [0, 0.05) is 23.5 Å². The van der Waals surface area contributed by atoms with E-state index in [9.17, 15) is 4.79 Å². The summed E-state index contributed by atoms with van der Waals surface area (Å²) in [4.78, 5) is 12.4. The molecule has 0 saturated carbocycles. The fraction of sp³-hybridized carbons (Fsp3) is 0.500. The zero-order valence-electron chi connectivity index (χ0n) is 11.4. The first kappa shape index (κ1) is 11.9. The summed E-state index contributed by atoms with van der Waals surface area (Å²) in [7, 11) is 0. The molecule has 2 N–H and O–H groups in total. The van der Waals surface area contributed by atoms with Gasteiger partial charge < -0.3 is 10.3 Å². The number of rotatable bonds is 1. The van der Waals surface area contributed by atoms with Crippen LogP contribution in [0, 0.1) is 5.92 Å². The van der Waals surface area contributed by atoms with Gasteiger partial charge in [-0.2, -0.15) is 0 Å². The van der Waals surface area contributed by atoms with E-state index in [0.29, 0.717) is 18.2 Å². The number of ketones is 1. The van der Waals surface area contributed by atoms with Crippen LogP contribution in [0.4, 0.5) is 5.82 Å². The number of hydrogen-bond acceptors (Lipinski definition) is 4. The van der Waals surface area contributed by atoms with Gasteiger partial charge in [0.1, 0.15) is 0 Å². The molecule has 0 saturated heterocycles. The van der Waals surface area contributed by atoms with Crippen LogP contribution in [0.1, 0.15) is 55.8 Å². The number of Topliss-reactive ketones (excluding diaryl/α,β-unsaturated/α-hetero) is 1. The van der Waals surface area contributed by atoms with Crippen molar-refractivity contribution in [2.24, 2.45) is 5.92 Å². The maximum absolute atomic E-state index is 12.4. The Morgan fingerprint density at radius 1 is 1.30 bits per heavy atom. The number of fused-ring (bicyclic) bond motifs is 2. The van der Waals surface area contributed by atoms with E-state index in [1.807, 2.05) is 0 Å². The molecular weight excluding hydrogens is 252 g/mol. The van der Waals surface area contributed by atoms with Crippen molar-refractivity contribution in [2.75, 3.05) is 5.73 Å². The average Bonchev–Trinajstić information content (AvgIpc) is 3.00. The maximum Gasteiger partial charge on any atom is 0.171 e. The largest absolute Gasteiger partial charge is 0.381 e. The molecule has 4 heteroatoms. The van der Waals surface area contributed by atoms with Crippen LogP contribution in [0.25, 0.3) is 5.57 Å². The van der Waals surface area contributed by atoms with Crippen molar-refractivity contribution in [1.82, 2.24) is 5.16 Å². The van der Waals surface area contributed by atoms with Gasteiger partial charge in [-0.1, -0.05) is 17.3 Å². The van der Waals surface area contributed by atoms with Gasteiger partial charge in [-0.25, -0.2) is 0 Å². The molecule has 0 aromatic carbocycles. The van der Waals surface area contributed by atoms with Crippen LogP contribution in [0.15, 0.2) is 22.2 Å². The molecule has 3 aliphatic carbocycles. The third-order valence-corrected chi connectivity index (χ3v) is 4.89. The first-order chi connectivity index (χ1) is 9.77. The lowest BCUT2D eigenvalue weighted by Gasteiger charge is -2.28. The van der Waals surface area contributed by atoms with Crippen LogP contribution >= 0.6 is 0 Å². The van der Waals surface area contributed by atoms with Gasteiger partial charge in [0.2, 0.25) is 0 Å². The van der Waals surface area contributed by atoms with Crippen LogP contribution < -0.4 is 5.73 Å². The molecule has 1 heterocycles. The normalized spacial score (nSPS) is 28.7. The number of aromatic nitrogens is 1. The third-order valence-electron chi connectivity index (χ3n) is 4.89. The number of carbonyl (C=O) groups is 1. The summed E-state index contributed by atoms with van der Waals surface area (Å²) in [5, 5.41) is 3.94. The lowest BCUT2D eigenvalue weighted by atomic mass is 9.75. The fourth-order valence-electron chi connectivity index (χ4n) is 4.02. The summed E-state index contributed by atoms with van der Waals surface area (Å²) < 4.78 is 5.44. The van der Waals surface area contributed by atoms with Crippen molar-refractivity contribution in [3.8, 4) is 0 Å². The summed E-state index contributed by atoms with van der Waals surface area (Å²) in [6, 6.07) is 0. The smallest absolute Gasteiger partial charge is 0.171 e. The standard InChI is InChI=1S/C16H18N2O2/c17-16-14-12(9-5-2-1-3-6-9)13-10(15(14)20-18-16)7-4-8-11(13)19/h1-2,9,12H,3-8H2,(H2,17,18)/t9-,12-/m1/s1. The topological polar surface area (TPSA) is 69.1 Å². The van der Waals surface area contributed by atoms with E-state index in [-0.39, 0.29) is 11.7 Å². The van der Waals surface area contributed by atoms with Gasteiger partial charge in [-0.3, -0.25) is 4.79 Å². The second-order valence-corrected chi connectivity index (χ2v) is 6.00. The molecule has 0 unspecified atom stereocenters. The second kappa shape index (κ2) is 4.33. The summed E-state index contributed by atoms with van der Waals surface area (Å²) in [6.45, 7) is 0. The van der Waals surface area contributed by atoms with Crippen molar-refractivity contribution in [1.29, 1.82) is 0 Å². The minimum atomic E-state index is 0.115. The molecule has 1 aromatic heterocycles.